The van der Waals surface area contributed by atoms with Gasteiger partial charge in [-0.15, -0.1) is 11.3 Å². The van der Waals surface area contributed by atoms with Crippen molar-refractivity contribution in [3.05, 3.63) is 28.9 Å². The van der Waals surface area contributed by atoms with Crippen LogP contribution in [-0.2, 0) is 11.8 Å². The van der Waals surface area contributed by atoms with E-state index in [2.05, 4.69) is 0 Å². The first-order valence-corrected chi connectivity index (χ1v) is 5.42. The molecule has 0 aromatic carbocycles. The minimum atomic E-state index is -1.21. The fraction of sp³-hybridized carbons (Fsp3) is 0.100. The number of aliphatic carboxylic acids is 1. The van der Waals surface area contributed by atoms with E-state index in [1.165, 1.54) is 0 Å². The van der Waals surface area contributed by atoms with Crippen molar-refractivity contribution < 1.29 is 9.90 Å². The number of carboxylic acid groups (broad SMARTS) is 1. The molecule has 0 aliphatic heterocycles. The number of carbonyl (C=O) groups is 1. The number of nitrogens with two attached hydrogens (primary N) is 2. The molecule has 0 saturated heterocycles. The maximum atomic E-state index is 10.7. The first kappa shape index (κ1) is 10.6. The van der Waals surface area contributed by atoms with E-state index in [0.29, 0.717) is 5.69 Å². The molecular weight excluding hydrogens is 226 g/mol. The maximum Gasteiger partial charge on any atom is 0.353 e. The van der Waals surface area contributed by atoms with Gasteiger partial charge in [-0.3, -0.25) is 0 Å². The summed E-state index contributed by atoms with van der Waals surface area (Å²) in [5.74, 6) is -1.21. The van der Waals surface area contributed by atoms with Gasteiger partial charge in [0.2, 0.25) is 0 Å². The summed E-state index contributed by atoms with van der Waals surface area (Å²) >= 11 is 1.57. The quantitative estimate of drug-likeness (QED) is 0.677. The van der Waals surface area contributed by atoms with Gasteiger partial charge in [0.05, 0.1) is 21.6 Å². The second-order valence-electron chi connectivity index (χ2n) is 3.39. The zero-order valence-electron chi connectivity index (χ0n) is 8.60. The normalized spacial score (nSPS) is 12.8. The first-order chi connectivity index (χ1) is 7.52. The largest absolute Gasteiger partial charge is 0.477 e. The summed E-state index contributed by atoms with van der Waals surface area (Å²) in [7, 11) is 1.83. The van der Waals surface area contributed by atoms with Gasteiger partial charge >= 0.3 is 5.97 Å². The number of aromatic nitrogens is 1. The molecule has 0 aliphatic carbocycles. The Morgan fingerprint density at radius 1 is 1.50 bits per heavy atom. The number of hydrogen-bond donors (Lipinski definition) is 3. The number of hydrogen-bond acceptors (Lipinski definition) is 4. The summed E-state index contributed by atoms with van der Waals surface area (Å²) in [6.07, 6.45) is 0. The summed E-state index contributed by atoms with van der Waals surface area (Å²) in [6, 6.07) is 3.79. The van der Waals surface area contributed by atoms with Crippen molar-refractivity contribution in [3.8, 4) is 0 Å². The molecule has 84 valence electrons. The molecule has 0 unspecified atom stereocenters. The summed E-state index contributed by atoms with van der Waals surface area (Å²) in [5, 5.41) is 10.7. The molecule has 0 amide bonds. The highest BCUT2D eigenvalue weighted by Gasteiger charge is 2.14. The molecule has 0 fully saturated rings. The SMILES string of the molecule is Cn1c(/C(N)=C(/N)C(=O)O)cc2sccc21. The molecule has 2 heterocycles. The van der Waals surface area contributed by atoms with Crippen molar-refractivity contribution in [3.63, 3.8) is 0 Å². The summed E-state index contributed by atoms with van der Waals surface area (Å²) < 4.78 is 2.88. The lowest BCUT2D eigenvalue weighted by Crippen LogP contribution is -2.18. The third-order valence-corrected chi connectivity index (χ3v) is 3.31. The van der Waals surface area contributed by atoms with Gasteiger partial charge in [0, 0.05) is 7.05 Å². The van der Waals surface area contributed by atoms with Crippen LogP contribution in [0.1, 0.15) is 5.69 Å². The van der Waals surface area contributed by atoms with Gasteiger partial charge in [0.15, 0.2) is 0 Å². The van der Waals surface area contributed by atoms with Crippen LogP contribution in [0.25, 0.3) is 15.9 Å². The highest BCUT2D eigenvalue weighted by molar-refractivity contribution is 7.17. The molecule has 6 heteroatoms. The van der Waals surface area contributed by atoms with E-state index in [1.807, 2.05) is 29.1 Å². The van der Waals surface area contributed by atoms with Crippen LogP contribution in [0, 0.1) is 0 Å². The van der Waals surface area contributed by atoms with Gasteiger partial charge in [-0.05, 0) is 17.5 Å². The highest BCUT2D eigenvalue weighted by Crippen LogP contribution is 2.26. The lowest BCUT2D eigenvalue weighted by Gasteiger charge is -2.05. The van der Waals surface area contributed by atoms with Gasteiger partial charge in [0.25, 0.3) is 0 Å². The summed E-state index contributed by atoms with van der Waals surface area (Å²) in [5.41, 5.74) is 12.5. The van der Waals surface area contributed by atoms with E-state index in [1.54, 1.807) is 11.3 Å². The Balaban J connectivity index is 2.64. The molecule has 16 heavy (non-hydrogen) atoms. The third-order valence-electron chi connectivity index (χ3n) is 2.46. The summed E-state index contributed by atoms with van der Waals surface area (Å²) in [6.45, 7) is 0. The number of aryl methyl sites for hydroxylation is 1. The molecular formula is C10H11N3O2S. The van der Waals surface area contributed by atoms with Gasteiger partial charge < -0.3 is 21.1 Å². The van der Waals surface area contributed by atoms with Gasteiger partial charge in [-0.25, -0.2) is 4.79 Å². The van der Waals surface area contributed by atoms with Crippen molar-refractivity contribution in [1.29, 1.82) is 0 Å². The zero-order valence-corrected chi connectivity index (χ0v) is 9.41. The monoisotopic (exact) mass is 237 g/mol. The van der Waals surface area contributed by atoms with E-state index in [-0.39, 0.29) is 11.4 Å². The average molecular weight is 237 g/mol. The third kappa shape index (κ3) is 1.43. The van der Waals surface area contributed by atoms with Crippen LogP contribution < -0.4 is 11.5 Å². The first-order valence-electron chi connectivity index (χ1n) is 4.54. The Bertz CT molecular complexity index is 594. The smallest absolute Gasteiger partial charge is 0.353 e. The Labute approximate surface area is 95.6 Å². The molecule has 0 aliphatic rings. The fourth-order valence-electron chi connectivity index (χ4n) is 1.56. The highest BCUT2D eigenvalue weighted by atomic mass is 32.1. The van der Waals surface area contributed by atoms with Crippen LogP contribution in [0.15, 0.2) is 23.2 Å². The van der Waals surface area contributed by atoms with Gasteiger partial charge in [-0.1, -0.05) is 0 Å². The van der Waals surface area contributed by atoms with E-state index in [0.717, 1.165) is 10.2 Å². The van der Waals surface area contributed by atoms with Gasteiger partial charge in [0.1, 0.15) is 5.70 Å². The van der Waals surface area contributed by atoms with Crippen molar-refractivity contribution in [2.24, 2.45) is 18.5 Å². The van der Waals surface area contributed by atoms with Crippen molar-refractivity contribution >= 4 is 33.2 Å². The standard InChI is InChI=1S/C10H11N3O2S/c1-13-5-2-3-16-7(5)4-6(13)8(11)9(12)10(14)15/h2-4H,11-12H2,1H3,(H,14,15)/b9-8-. The van der Waals surface area contributed by atoms with Crippen molar-refractivity contribution in [2.45, 2.75) is 0 Å². The number of fused-ring (bicyclic) bond motifs is 1. The second kappa shape index (κ2) is 3.57. The summed E-state index contributed by atoms with van der Waals surface area (Å²) in [4.78, 5) is 10.7. The van der Waals surface area contributed by atoms with Crippen LogP contribution in [0.4, 0.5) is 0 Å². The second-order valence-corrected chi connectivity index (χ2v) is 4.34. The lowest BCUT2D eigenvalue weighted by molar-refractivity contribution is -0.132. The molecule has 2 aromatic rings. The van der Waals surface area contributed by atoms with Crippen LogP contribution in [0.3, 0.4) is 0 Å². The number of carboxylic acids is 1. The van der Waals surface area contributed by atoms with Crippen LogP contribution in [0.2, 0.25) is 0 Å². The van der Waals surface area contributed by atoms with E-state index in [4.69, 9.17) is 16.6 Å². The molecule has 2 rings (SSSR count). The molecule has 0 atom stereocenters. The predicted octanol–water partition coefficient (Wildman–Crippen LogP) is 0.910. The number of rotatable bonds is 2. The van der Waals surface area contributed by atoms with Crippen LogP contribution >= 0.6 is 11.3 Å². The van der Waals surface area contributed by atoms with E-state index >= 15 is 0 Å². The zero-order chi connectivity index (χ0) is 11.9. The number of nitrogens with zero attached hydrogens (tertiary/aromatic N) is 1. The van der Waals surface area contributed by atoms with E-state index < -0.39 is 5.97 Å². The minimum Gasteiger partial charge on any atom is -0.477 e. The Kier molecular flexibility index (Phi) is 2.35. The molecule has 5 nitrogen and oxygen atoms in total. The predicted molar refractivity (Wildman–Crippen MR) is 63.7 cm³/mol. The molecule has 0 spiro atoms. The van der Waals surface area contributed by atoms with Crippen LogP contribution in [0.5, 0.6) is 0 Å². The Morgan fingerprint density at radius 2 is 2.19 bits per heavy atom. The fourth-order valence-corrected chi connectivity index (χ4v) is 2.41. The van der Waals surface area contributed by atoms with Crippen molar-refractivity contribution in [1.82, 2.24) is 4.57 Å². The molecule has 0 radical (unpaired) electrons. The maximum absolute atomic E-state index is 10.7. The molecule has 2 aromatic heterocycles. The molecule has 0 saturated carbocycles. The average Bonchev–Trinajstić information content (AvgIpc) is 2.79. The topological polar surface area (TPSA) is 94.3 Å². The Morgan fingerprint density at radius 3 is 2.75 bits per heavy atom. The van der Waals surface area contributed by atoms with Crippen LogP contribution in [-0.4, -0.2) is 15.6 Å². The van der Waals surface area contributed by atoms with Crippen molar-refractivity contribution in [2.75, 3.05) is 0 Å². The minimum absolute atomic E-state index is 0.0957. The van der Waals surface area contributed by atoms with E-state index in [9.17, 15) is 4.79 Å². The molecule has 5 N–H and O–H groups in total. The lowest BCUT2D eigenvalue weighted by atomic mass is 10.2. The Hall–Kier alpha value is -1.95. The molecule has 0 bridgehead atoms. The van der Waals surface area contributed by atoms with Gasteiger partial charge in [-0.2, -0.15) is 0 Å². The number of thiophene rings is 1.